The molecule has 3 rings (SSSR count). The predicted octanol–water partition coefficient (Wildman–Crippen LogP) is 2.52. The minimum atomic E-state index is -0.198. The second-order valence-corrected chi connectivity index (χ2v) is 6.37. The third kappa shape index (κ3) is 2.69. The van der Waals surface area contributed by atoms with Crippen molar-refractivity contribution in [1.29, 1.82) is 0 Å². The summed E-state index contributed by atoms with van der Waals surface area (Å²) in [5.74, 6) is -0.223. The first-order valence-electron chi connectivity index (χ1n) is 7.94. The number of nitrogens with zero attached hydrogens (tertiary/aromatic N) is 3. The van der Waals surface area contributed by atoms with Crippen molar-refractivity contribution >= 4 is 28.9 Å². The number of anilines is 3. The molecule has 1 aromatic heterocycles. The molecule has 0 saturated carbocycles. The molecule has 126 valence electrons. The number of amides is 2. The van der Waals surface area contributed by atoms with E-state index in [1.165, 1.54) is 0 Å². The van der Waals surface area contributed by atoms with Gasteiger partial charge in [0.05, 0.1) is 17.1 Å². The van der Waals surface area contributed by atoms with Crippen LogP contribution >= 0.6 is 0 Å². The topological polar surface area (TPSA) is 57.6 Å². The summed E-state index contributed by atoms with van der Waals surface area (Å²) in [4.78, 5) is 29.3. The number of aromatic nitrogens is 1. The third-order valence-corrected chi connectivity index (χ3v) is 4.19. The second-order valence-electron chi connectivity index (χ2n) is 6.37. The van der Waals surface area contributed by atoms with E-state index >= 15 is 0 Å². The molecule has 0 aliphatic carbocycles. The minimum Gasteiger partial charge on any atom is -0.345 e. The number of benzene rings is 1. The van der Waals surface area contributed by atoms with Crippen molar-refractivity contribution in [2.45, 2.75) is 13.3 Å². The van der Waals surface area contributed by atoms with Gasteiger partial charge < -0.3 is 14.8 Å². The van der Waals surface area contributed by atoms with Crippen molar-refractivity contribution in [3.05, 3.63) is 41.7 Å². The van der Waals surface area contributed by atoms with Crippen LogP contribution in [0, 0.1) is 6.92 Å². The Labute approximate surface area is 141 Å². The van der Waals surface area contributed by atoms with Crippen molar-refractivity contribution in [3.8, 4) is 0 Å². The second kappa shape index (κ2) is 6.13. The predicted molar refractivity (Wildman–Crippen MR) is 94.9 cm³/mol. The van der Waals surface area contributed by atoms with E-state index in [0.29, 0.717) is 35.7 Å². The van der Waals surface area contributed by atoms with E-state index in [1.54, 1.807) is 9.47 Å². The zero-order valence-corrected chi connectivity index (χ0v) is 14.5. The van der Waals surface area contributed by atoms with E-state index in [2.05, 4.69) is 5.32 Å². The Morgan fingerprint density at radius 3 is 2.67 bits per heavy atom. The SMILES string of the molecule is Cc1cn(C)c2c1N(C(=O)CCN(C)C)c1ccccc1NC2=O. The molecule has 2 aromatic rings. The molecule has 0 radical (unpaired) electrons. The highest BCUT2D eigenvalue weighted by atomic mass is 16.2. The number of carbonyl (C=O) groups excluding carboxylic acids is 2. The van der Waals surface area contributed by atoms with Crippen LogP contribution < -0.4 is 10.2 Å². The zero-order chi connectivity index (χ0) is 17.4. The summed E-state index contributed by atoms with van der Waals surface area (Å²) in [7, 11) is 5.70. The number of fused-ring (bicyclic) bond motifs is 2. The Hall–Kier alpha value is -2.60. The van der Waals surface area contributed by atoms with E-state index in [4.69, 9.17) is 0 Å². The molecule has 1 N–H and O–H groups in total. The summed E-state index contributed by atoms with van der Waals surface area (Å²) in [6.45, 7) is 2.58. The Morgan fingerprint density at radius 2 is 1.96 bits per heavy atom. The molecular formula is C18H22N4O2. The maximum Gasteiger partial charge on any atom is 0.274 e. The molecule has 2 heterocycles. The smallest absolute Gasteiger partial charge is 0.274 e. The monoisotopic (exact) mass is 326 g/mol. The lowest BCUT2D eigenvalue weighted by Crippen LogP contribution is -2.30. The number of nitrogens with one attached hydrogen (secondary N) is 1. The Kier molecular flexibility index (Phi) is 4.15. The van der Waals surface area contributed by atoms with Gasteiger partial charge in [0.1, 0.15) is 5.69 Å². The van der Waals surface area contributed by atoms with Crippen LogP contribution in [0.25, 0.3) is 0 Å². The van der Waals surface area contributed by atoms with Crippen LogP contribution in [0.2, 0.25) is 0 Å². The van der Waals surface area contributed by atoms with Crippen LogP contribution in [0.5, 0.6) is 0 Å². The number of hydrogen-bond donors (Lipinski definition) is 1. The van der Waals surface area contributed by atoms with Gasteiger partial charge in [-0.25, -0.2) is 0 Å². The van der Waals surface area contributed by atoms with Gasteiger partial charge in [-0.05, 0) is 38.7 Å². The summed E-state index contributed by atoms with van der Waals surface area (Å²) >= 11 is 0. The van der Waals surface area contributed by atoms with E-state index in [0.717, 1.165) is 5.56 Å². The number of para-hydroxylation sites is 2. The zero-order valence-electron chi connectivity index (χ0n) is 14.5. The van der Waals surface area contributed by atoms with Crippen LogP contribution in [0.4, 0.5) is 17.1 Å². The molecule has 1 aliphatic heterocycles. The molecule has 1 aromatic carbocycles. The van der Waals surface area contributed by atoms with Crippen LogP contribution in [0.1, 0.15) is 22.5 Å². The fraction of sp³-hybridized carbons (Fsp3) is 0.333. The molecule has 24 heavy (non-hydrogen) atoms. The summed E-state index contributed by atoms with van der Waals surface area (Å²) in [5, 5.41) is 2.92. The molecule has 0 saturated heterocycles. The standard InChI is InChI=1S/C18H22N4O2/c1-12-11-21(4)17-16(12)22(15(23)9-10-20(2)3)14-8-6-5-7-13(14)19-18(17)24/h5-8,11H,9-10H2,1-4H3,(H,19,24). The van der Waals surface area contributed by atoms with Gasteiger partial charge in [-0.1, -0.05) is 12.1 Å². The molecule has 6 nitrogen and oxygen atoms in total. The molecule has 0 atom stereocenters. The number of carbonyl (C=O) groups is 2. The number of aryl methyl sites for hydroxylation is 2. The fourth-order valence-electron chi connectivity index (χ4n) is 3.09. The molecule has 6 heteroatoms. The highest BCUT2D eigenvalue weighted by Gasteiger charge is 2.32. The highest BCUT2D eigenvalue weighted by molar-refractivity contribution is 6.17. The summed E-state index contributed by atoms with van der Waals surface area (Å²) in [6.07, 6.45) is 2.26. The maximum absolute atomic E-state index is 13.0. The van der Waals surface area contributed by atoms with Gasteiger partial charge in [0.2, 0.25) is 5.91 Å². The number of rotatable bonds is 3. The highest BCUT2D eigenvalue weighted by Crippen LogP contribution is 2.40. The molecule has 1 aliphatic rings. The average Bonchev–Trinajstić information content (AvgIpc) is 2.73. The van der Waals surface area contributed by atoms with Gasteiger partial charge in [-0.2, -0.15) is 0 Å². The lowest BCUT2D eigenvalue weighted by atomic mass is 10.1. The van der Waals surface area contributed by atoms with E-state index in [-0.39, 0.29) is 11.8 Å². The van der Waals surface area contributed by atoms with Gasteiger partial charge in [0.15, 0.2) is 0 Å². The molecule has 0 unspecified atom stereocenters. The van der Waals surface area contributed by atoms with E-state index in [9.17, 15) is 9.59 Å². The van der Waals surface area contributed by atoms with E-state index in [1.807, 2.05) is 63.4 Å². The van der Waals surface area contributed by atoms with Crippen molar-refractivity contribution in [1.82, 2.24) is 9.47 Å². The molecule has 2 amide bonds. The van der Waals surface area contributed by atoms with Gasteiger partial charge >= 0.3 is 0 Å². The summed E-state index contributed by atoms with van der Waals surface area (Å²) < 4.78 is 1.78. The summed E-state index contributed by atoms with van der Waals surface area (Å²) in [5.41, 5.74) is 3.43. The first-order chi connectivity index (χ1) is 11.4. The lowest BCUT2D eigenvalue weighted by molar-refractivity contribution is -0.118. The Morgan fingerprint density at radius 1 is 1.25 bits per heavy atom. The van der Waals surface area contributed by atoms with Gasteiger partial charge in [0.25, 0.3) is 5.91 Å². The Balaban J connectivity index is 2.17. The van der Waals surface area contributed by atoms with E-state index < -0.39 is 0 Å². The van der Waals surface area contributed by atoms with Crippen LogP contribution in [-0.2, 0) is 11.8 Å². The van der Waals surface area contributed by atoms with Crippen molar-refractivity contribution in [2.24, 2.45) is 7.05 Å². The largest absolute Gasteiger partial charge is 0.345 e. The van der Waals surface area contributed by atoms with Gasteiger partial charge in [-0.3, -0.25) is 14.5 Å². The van der Waals surface area contributed by atoms with Gasteiger partial charge in [-0.15, -0.1) is 0 Å². The van der Waals surface area contributed by atoms with Gasteiger partial charge in [0, 0.05) is 26.2 Å². The Bertz CT molecular complexity index is 807. The van der Waals surface area contributed by atoms with Crippen LogP contribution in [0.15, 0.2) is 30.5 Å². The van der Waals surface area contributed by atoms with Crippen molar-refractivity contribution < 1.29 is 9.59 Å². The first kappa shape index (κ1) is 16.3. The number of hydrogen-bond acceptors (Lipinski definition) is 3. The molecular weight excluding hydrogens is 304 g/mol. The quantitative estimate of drug-likeness (QED) is 0.943. The molecule has 0 fully saturated rings. The molecule has 0 spiro atoms. The normalized spacial score (nSPS) is 13.4. The first-order valence-corrected chi connectivity index (χ1v) is 7.94. The average molecular weight is 326 g/mol. The fourth-order valence-corrected chi connectivity index (χ4v) is 3.09. The lowest BCUT2D eigenvalue weighted by Gasteiger charge is -2.24. The van der Waals surface area contributed by atoms with Crippen LogP contribution in [-0.4, -0.2) is 41.9 Å². The van der Waals surface area contributed by atoms with Crippen LogP contribution in [0.3, 0.4) is 0 Å². The minimum absolute atomic E-state index is 0.0248. The van der Waals surface area contributed by atoms with Crippen molar-refractivity contribution in [2.75, 3.05) is 30.9 Å². The van der Waals surface area contributed by atoms with Crippen molar-refractivity contribution in [3.63, 3.8) is 0 Å². The maximum atomic E-state index is 13.0. The third-order valence-electron chi connectivity index (χ3n) is 4.19. The molecule has 0 bridgehead atoms. The summed E-state index contributed by atoms with van der Waals surface area (Å²) in [6, 6.07) is 7.41.